The Hall–Kier alpha value is -1.77. The van der Waals surface area contributed by atoms with Crippen molar-refractivity contribution in [2.75, 3.05) is 11.9 Å². The Morgan fingerprint density at radius 1 is 1.56 bits per heavy atom. The Morgan fingerprint density at radius 3 is 2.94 bits per heavy atom. The van der Waals surface area contributed by atoms with Gasteiger partial charge in [0.25, 0.3) is 0 Å². The van der Waals surface area contributed by atoms with Crippen molar-refractivity contribution in [2.45, 2.75) is 19.8 Å². The summed E-state index contributed by atoms with van der Waals surface area (Å²) < 4.78 is 4.83. The smallest absolute Gasteiger partial charge is 0.411 e. The van der Waals surface area contributed by atoms with Crippen molar-refractivity contribution in [2.24, 2.45) is 0 Å². The molecule has 1 amide bonds. The number of benzene rings is 1. The molecule has 0 unspecified atom stereocenters. The monoisotopic (exact) mass is 219 g/mol. The molecule has 0 heterocycles. The number of anilines is 1. The summed E-state index contributed by atoms with van der Waals surface area (Å²) in [5.41, 5.74) is 1.93. The van der Waals surface area contributed by atoms with E-state index in [0.717, 1.165) is 5.69 Å². The molecule has 16 heavy (non-hydrogen) atoms. The van der Waals surface area contributed by atoms with Crippen LogP contribution in [-0.2, 0) is 4.74 Å². The second kappa shape index (κ2) is 5.95. The van der Waals surface area contributed by atoms with E-state index in [1.807, 2.05) is 24.3 Å². The third-order valence-electron chi connectivity index (χ3n) is 2.13. The second-order valence-corrected chi connectivity index (χ2v) is 3.79. The molecule has 0 saturated carbocycles. The normalized spacial score (nSPS) is 9.94. The SMILES string of the molecule is C=CCOC(=O)Nc1cccc(C(C)C)c1. The lowest BCUT2D eigenvalue weighted by atomic mass is 10.0. The van der Waals surface area contributed by atoms with Crippen LogP contribution in [0.5, 0.6) is 0 Å². The minimum absolute atomic E-state index is 0.218. The minimum Gasteiger partial charge on any atom is -0.445 e. The number of amides is 1. The van der Waals surface area contributed by atoms with E-state index < -0.39 is 6.09 Å². The lowest BCUT2D eigenvalue weighted by Gasteiger charge is -2.09. The second-order valence-electron chi connectivity index (χ2n) is 3.79. The van der Waals surface area contributed by atoms with Gasteiger partial charge in [-0.15, -0.1) is 0 Å². The summed E-state index contributed by atoms with van der Waals surface area (Å²) in [5.74, 6) is 0.436. The zero-order chi connectivity index (χ0) is 12.0. The van der Waals surface area contributed by atoms with Crippen molar-refractivity contribution in [1.29, 1.82) is 0 Å². The van der Waals surface area contributed by atoms with Gasteiger partial charge < -0.3 is 4.74 Å². The summed E-state index contributed by atoms with van der Waals surface area (Å²) in [4.78, 5) is 11.3. The van der Waals surface area contributed by atoms with Crippen molar-refractivity contribution in [3.63, 3.8) is 0 Å². The summed E-state index contributed by atoms with van der Waals surface area (Å²) in [7, 11) is 0. The molecule has 86 valence electrons. The molecule has 0 aliphatic carbocycles. The molecule has 0 fully saturated rings. The Morgan fingerprint density at radius 2 is 2.31 bits per heavy atom. The highest BCUT2D eigenvalue weighted by Gasteiger charge is 2.04. The van der Waals surface area contributed by atoms with Gasteiger partial charge >= 0.3 is 6.09 Å². The van der Waals surface area contributed by atoms with Crippen LogP contribution in [0.25, 0.3) is 0 Å². The van der Waals surface area contributed by atoms with Crippen LogP contribution < -0.4 is 5.32 Å². The van der Waals surface area contributed by atoms with Gasteiger partial charge in [0.1, 0.15) is 6.61 Å². The van der Waals surface area contributed by atoms with E-state index in [2.05, 4.69) is 25.7 Å². The first-order valence-corrected chi connectivity index (χ1v) is 5.28. The lowest BCUT2D eigenvalue weighted by molar-refractivity contribution is 0.174. The quantitative estimate of drug-likeness (QED) is 0.786. The van der Waals surface area contributed by atoms with Crippen molar-refractivity contribution >= 4 is 11.8 Å². The molecule has 0 atom stereocenters. The van der Waals surface area contributed by atoms with Gasteiger partial charge in [-0.3, -0.25) is 5.32 Å². The van der Waals surface area contributed by atoms with E-state index in [9.17, 15) is 4.79 Å². The van der Waals surface area contributed by atoms with Crippen LogP contribution in [0.4, 0.5) is 10.5 Å². The summed E-state index contributed by atoms with van der Waals surface area (Å²) in [6.07, 6.45) is 1.07. The summed E-state index contributed by atoms with van der Waals surface area (Å²) in [5, 5.41) is 2.66. The number of rotatable bonds is 4. The Bertz CT molecular complexity index is 372. The molecular weight excluding hydrogens is 202 g/mol. The van der Waals surface area contributed by atoms with Crippen molar-refractivity contribution in [3.05, 3.63) is 42.5 Å². The molecule has 0 aromatic heterocycles. The molecule has 0 aliphatic rings. The van der Waals surface area contributed by atoms with Gasteiger partial charge in [0.15, 0.2) is 0 Å². The largest absolute Gasteiger partial charge is 0.445 e. The molecule has 3 nitrogen and oxygen atoms in total. The Kier molecular flexibility index (Phi) is 4.58. The van der Waals surface area contributed by atoms with Gasteiger partial charge in [0.05, 0.1) is 0 Å². The fourth-order valence-corrected chi connectivity index (χ4v) is 1.26. The zero-order valence-corrected chi connectivity index (χ0v) is 9.69. The molecule has 0 aliphatic heterocycles. The fourth-order valence-electron chi connectivity index (χ4n) is 1.26. The molecule has 3 heteroatoms. The number of nitrogens with one attached hydrogen (secondary N) is 1. The van der Waals surface area contributed by atoms with E-state index >= 15 is 0 Å². The highest BCUT2D eigenvalue weighted by Crippen LogP contribution is 2.18. The molecule has 1 N–H and O–H groups in total. The van der Waals surface area contributed by atoms with E-state index in [0.29, 0.717) is 5.92 Å². The fraction of sp³-hybridized carbons (Fsp3) is 0.308. The Labute approximate surface area is 96.1 Å². The molecule has 1 aromatic carbocycles. The van der Waals surface area contributed by atoms with Gasteiger partial charge in [-0.2, -0.15) is 0 Å². The van der Waals surface area contributed by atoms with Crippen LogP contribution in [0.15, 0.2) is 36.9 Å². The van der Waals surface area contributed by atoms with Crippen LogP contribution in [-0.4, -0.2) is 12.7 Å². The van der Waals surface area contributed by atoms with Crippen molar-refractivity contribution in [3.8, 4) is 0 Å². The highest BCUT2D eigenvalue weighted by atomic mass is 16.5. The molecule has 1 rings (SSSR count). The third-order valence-corrected chi connectivity index (χ3v) is 2.13. The summed E-state index contributed by atoms with van der Waals surface area (Å²) in [6.45, 7) is 7.90. The van der Waals surface area contributed by atoms with Crippen LogP contribution >= 0.6 is 0 Å². The minimum atomic E-state index is -0.458. The molecule has 0 bridgehead atoms. The molecule has 1 aromatic rings. The maximum absolute atomic E-state index is 11.3. The van der Waals surface area contributed by atoms with E-state index in [1.165, 1.54) is 11.6 Å². The number of carbonyl (C=O) groups is 1. The Balaban J connectivity index is 2.63. The zero-order valence-electron chi connectivity index (χ0n) is 9.69. The maximum Gasteiger partial charge on any atom is 0.411 e. The number of hydrogen-bond acceptors (Lipinski definition) is 2. The van der Waals surface area contributed by atoms with Crippen LogP contribution in [0.3, 0.4) is 0 Å². The third kappa shape index (κ3) is 3.77. The maximum atomic E-state index is 11.3. The average molecular weight is 219 g/mol. The first kappa shape index (κ1) is 12.3. The topological polar surface area (TPSA) is 38.3 Å². The summed E-state index contributed by atoms with van der Waals surface area (Å²) >= 11 is 0. The first-order chi connectivity index (χ1) is 7.63. The number of hydrogen-bond donors (Lipinski definition) is 1. The van der Waals surface area contributed by atoms with Crippen LogP contribution in [0.2, 0.25) is 0 Å². The van der Waals surface area contributed by atoms with E-state index in [1.54, 1.807) is 0 Å². The highest BCUT2D eigenvalue weighted by molar-refractivity contribution is 5.84. The van der Waals surface area contributed by atoms with Gasteiger partial charge in [-0.1, -0.05) is 38.6 Å². The van der Waals surface area contributed by atoms with Gasteiger partial charge in [0.2, 0.25) is 0 Å². The van der Waals surface area contributed by atoms with Crippen molar-refractivity contribution in [1.82, 2.24) is 0 Å². The predicted octanol–water partition coefficient (Wildman–Crippen LogP) is 3.54. The van der Waals surface area contributed by atoms with Crippen molar-refractivity contribution < 1.29 is 9.53 Å². The van der Waals surface area contributed by atoms with Crippen LogP contribution in [0.1, 0.15) is 25.3 Å². The first-order valence-electron chi connectivity index (χ1n) is 5.28. The van der Waals surface area contributed by atoms with Gasteiger partial charge in [-0.25, -0.2) is 4.79 Å². The molecular formula is C13H17NO2. The predicted molar refractivity (Wildman–Crippen MR) is 65.7 cm³/mol. The number of carbonyl (C=O) groups excluding carboxylic acids is 1. The average Bonchev–Trinajstić information content (AvgIpc) is 2.26. The molecule has 0 radical (unpaired) electrons. The lowest BCUT2D eigenvalue weighted by Crippen LogP contribution is -2.13. The molecule has 0 saturated heterocycles. The molecule has 0 spiro atoms. The van der Waals surface area contributed by atoms with Gasteiger partial charge in [0, 0.05) is 5.69 Å². The van der Waals surface area contributed by atoms with Gasteiger partial charge in [-0.05, 0) is 23.6 Å². The van der Waals surface area contributed by atoms with E-state index in [4.69, 9.17) is 4.74 Å². The van der Waals surface area contributed by atoms with Crippen LogP contribution in [0, 0.1) is 0 Å². The number of ether oxygens (including phenoxy) is 1. The van der Waals surface area contributed by atoms with E-state index in [-0.39, 0.29) is 6.61 Å². The summed E-state index contributed by atoms with van der Waals surface area (Å²) in [6, 6.07) is 7.73. The standard InChI is InChI=1S/C13H17NO2/c1-4-8-16-13(15)14-12-7-5-6-11(9-12)10(2)3/h4-7,9-10H,1,8H2,2-3H3,(H,14,15).